The minimum absolute atomic E-state index is 0.226. The molecule has 2 rings (SSSR count). The van der Waals surface area contributed by atoms with E-state index < -0.39 is 17.8 Å². The Morgan fingerprint density at radius 3 is 2.54 bits per heavy atom. The molecule has 130 valence electrons. The Morgan fingerprint density at radius 2 is 1.96 bits per heavy atom. The van der Waals surface area contributed by atoms with Crippen molar-refractivity contribution in [3.63, 3.8) is 0 Å². The van der Waals surface area contributed by atoms with Crippen LogP contribution >= 0.6 is 11.8 Å². The molecule has 1 heterocycles. The fourth-order valence-electron chi connectivity index (χ4n) is 2.00. The number of alkyl halides is 3. The number of H-pyrrole nitrogens is 1. The van der Waals surface area contributed by atoms with Crippen LogP contribution in [0, 0.1) is 6.92 Å². The van der Waals surface area contributed by atoms with Crippen LogP contribution in [0.5, 0.6) is 0 Å². The van der Waals surface area contributed by atoms with Crippen molar-refractivity contribution >= 4 is 17.7 Å². The van der Waals surface area contributed by atoms with E-state index in [4.69, 9.17) is 0 Å². The van der Waals surface area contributed by atoms with Crippen LogP contribution in [0.2, 0.25) is 0 Å². The molecular weight excluding hydrogens is 339 g/mol. The molecule has 8 heteroatoms. The summed E-state index contributed by atoms with van der Waals surface area (Å²) in [5.74, 6) is 0.289. The number of aryl methyl sites for hydroxylation is 1. The van der Waals surface area contributed by atoms with Gasteiger partial charge in [-0.15, -0.1) is 11.8 Å². The Bertz CT molecular complexity index is 683. The van der Waals surface area contributed by atoms with Gasteiger partial charge in [0.15, 0.2) is 5.69 Å². The fraction of sp³-hybridized carbons (Fsp3) is 0.375. The summed E-state index contributed by atoms with van der Waals surface area (Å²) in [5, 5.41) is 5.29. The molecular formula is C16H18F3N3OS. The van der Waals surface area contributed by atoms with Gasteiger partial charge in [0.05, 0.1) is 0 Å². The van der Waals surface area contributed by atoms with Crippen LogP contribution in [-0.2, 0) is 6.18 Å². The zero-order chi connectivity index (χ0) is 17.7. The van der Waals surface area contributed by atoms with Crippen molar-refractivity contribution in [1.29, 1.82) is 0 Å². The number of carbonyl (C=O) groups excluding carboxylic acids is 1. The van der Waals surface area contributed by atoms with E-state index in [2.05, 4.69) is 5.10 Å². The number of hydrogen-bond donors (Lipinski definition) is 1. The number of nitrogens with one attached hydrogen (secondary N) is 1. The predicted octanol–water partition coefficient (Wildman–Crippen LogP) is 3.99. The van der Waals surface area contributed by atoms with Gasteiger partial charge in [-0.1, -0.05) is 17.7 Å². The molecule has 0 saturated carbocycles. The number of rotatable bonds is 6. The Hall–Kier alpha value is -1.96. The van der Waals surface area contributed by atoms with E-state index in [1.165, 1.54) is 10.5 Å². The highest BCUT2D eigenvalue weighted by Crippen LogP contribution is 2.27. The Kier molecular flexibility index (Phi) is 5.93. The van der Waals surface area contributed by atoms with Crippen molar-refractivity contribution in [1.82, 2.24) is 15.1 Å². The molecule has 0 unspecified atom stereocenters. The first-order valence-corrected chi connectivity index (χ1v) is 8.33. The number of amides is 1. The molecule has 1 aromatic heterocycles. The van der Waals surface area contributed by atoms with Crippen molar-refractivity contribution in [2.24, 2.45) is 0 Å². The normalized spacial score (nSPS) is 11.5. The molecule has 0 bridgehead atoms. The number of carbonyl (C=O) groups is 1. The molecule has 24 heavy (non-hydrogen) atoms. The molecule has 4 nitrogen and oxygen atoms in total. The average Bonchev–Trinajstić information content (AvgIpc) is 3.02. The summed E-state index contributed by atoms with van der Waals surface area (Å²) in [5.41, 5.74) is -0.0490. The van der Waals surface area contributed by atoms with Gasteiger partial charge in [-0.2, -0.15) is 18.3 Å². The molecule has 0 spiro atoms. The van der Waals surface area contributed by atoms with Crippen LogP contribution in [0.25, 0.3) is 0 Å². The molecule has 1 N–H and O–H groups in total. The Labute approximate surface area is 142 Å². The first kappa shape index (κ1) is 18.4. The number of aromatic nitrogens is 2. The quantitative estimate of drug-likeness (QED) is 0.628. The molecule has 0 atom stereocenters. The summed E-state index contributed by atoms with van der Waals surface area (Å²) in [6.45, 7) is 2.47. The topological polar surface area (TPSA) is 49.0 Å². The van der Waals surface area contributed by atoms with Gasteiger partial charge < -0.3 is 4.90 Å². The molecule has 2 aromatic rings. The predicted molar refractivity (Wildman–Crippen MR) is 87.1 cm³/mol. The highest BCUT2D eigenvalue weighted by molar-refractivity contribution is 7.99. The maximum atomic E-state index is 12.5. The third-order valence-electron chi connectivity index (χ3n) is 3.38. The second-order valence-electron chi connectivity index (χ2n) is 5.41. The van der Waals surface area contributed by atoms with E-state index in [1.54, 1.807) is 18.8 Å². The Morgan fingerprint density at radius 1 is 1.29 bits per heavy atom. The highest BCUT2D eigenvalue weighted by Gasteiger charge is 2.34. The maximum absolute atomic E-state index is 12.5. The zero-order valence-electron chi connectivity index (χ0n) is 13.4. The third-order valence-corrected chi connectivity index (χ3v) is 4.47. The first-order valence-electron chi connectivity index (χ1n) is 7.35. The molecule has 0 radical (unpaired) electrons. The standard InChI is InChI=1S/C16H18F3N3OS/c1-11-4-6-12(7-5-11)24-9-3-8-22(2)15(23)13-10-14(21-20-13)16(17,18)19/h4-7,10H,3,8-9H2,1-2H3,(H,20,21). The number of hydrogen-bond acceptors (Lipinski definition) is 3. The Balaban J connectivity index is 1.79. The first-order chi connectivity index (χ1) is 11.3. The smallest absolute Gasteiger partial charge is 0.340 e. The van der Waals surface area contributed by atoms with Crippen LogP contribution in [0.15, 0.2) is 35.2 Å². The van der Waals surface area contributed by atoms with E-state index in [0.29, 0.717) is 6.54 Å². The van der Waals surface area contributed by atoms with E-state index in [-0.39, 0.29) is 5.69 Å². The van der Waals surface area contributed by atoms with Crippen molar-refractivity contribution in [2.45, 2.75) is 24.4 Å². The van der Waals surface area contributed by atoms with E-state index in [0.717, 1.165) is 23.1 Å². The maximum Gasteiger partial charge on any atom is 0.432 e. The van der Waals surface area contributed by atoms with Crippen LogP contribution < -0.4 is 0 Å². The molecule has 0 fully saturated rings. The van der Waals surface area contributed by atoms with Gasteiger partial charge in [0.2, 0.25) is 0 Å². The molecule has 0 aliphatic rings. The number of thioether (sulfide) groups is 1. The van der Waals surface area contributed by atoms with E-state index >= 15 is 0 Å². The van der Waals surface area contributed by atoms with Crippen LogP contribution in [0.1, 0.15) is 28.2 Å². The lowest BCUT2D eigenvalue weighted by Crippen LogP contribution is -2.28. The summed E-state index contributed by atoms with van der Waals surface area (Å²) >= 11 is 1.68. The highest BCUT2D eigenvalue weighted by atomic mass is 32.2. The number of benzene rings is 1. The number of aromatic amines is 1. The minimum Gasteiger partial charge on any atom is -0.340 e. The number of nitrogens with zero attached hydrogens (tertiary/aromatic N) is 2. The molecule has 1 amide bonds. The summed E-state index contributed by atoms with van der Waals surface area (Å²) in [7, 11) is 1.56. The van der Waals surface area contributed by atoms with Gasteiger partial charge in [-0.3, -0.25) is 9.89 Å². The lowest BCUT2D eigenvalue weighted by molar-refractivity contribution is -0.141. The largest absolute Gasteiger partial charge is 0.432 e. The van der Waals surface area contributed by atoms with Crippen molar-refractivity contribution in [3.05, 3.63) is 47.3 Å². The lowest BCUT2D eigenvalue weighted by Gasteiger charge is -2.15. The third kappa shape index (κ3) is 5.02. The average molecular weight is 357 g/mol. The number of halogens is 3. The van der Waals surface area contributed by atoms with Crippen LogP contribution in [-0.4, -0.2) is 40.3 Å². The second-order valence-corrected chi connectivity index (χ2v) is 6.57. The van der Waals surface area contributed by atoms with Crippen molar-refractivity contribution in [3.8, 4) is 0 Å². The van der Waals surface area contributed by atoms with Gasteiger partial charge in [-0.25, -0.2) is 0 Å². The van der Waals surface area contributed by atoms with Gasteiger partial charge in [0, 0.05) is 24.6 Å². The summed E-state index contributed by atoms with van der Waals surface area (Å²) in [4.78, 5) is 14.6. The zero-order valence-corrected chi connectivity index (χ0v) is 14.2. The van der Waals surface area contributed by atoms with Gasteiger partial charge >= 0.3 is 6.18 Å². The van der Waals surface area contributed by atoms with Crippen molar-refractivity contribution in [2.75, 3.05) is 19.3 Å². The molecule has 0 aliphatic heterocycles. The lowest BCUT2D eigenvalue weighted by atomic mass is 10.2. The van der Waals surface area contributed by atoms with Crippen molar-refractivity contribution < 1.29 is 18.0 Å². The van der Waals surface area contributed by atoms with E-state index in [1.807, 2.05) is 36.3 Å². The van der Waals surface area contributed by atoms with Gasteiger partial charge in [0.25, 0.3) is 5.91 Å². The molecule has 1 aromatic carbocycles. The second kappa shape index (κ2) is 7.74. The van der Waals surface area contributed by atoms with Crippen LogP contribution in [0.3, 0.4) is 0 Å². The summed E-state index contributed by atoms with van der Waals surface area (Å²) in [6, 6.07) is 8.88. The van der Waals surface area contributed by atoms with E-state index in [9.17, 15) is 18.0 Å². The molecule has 0 aliphatic carbocycles. The minimum atomic E-state index is -4.53. The summed E-state index contributed by atoms with van der Waals surface area (Å²) in [6.07, 6.45) is -3.80. The fourth-order valence-corrected chi connectivity index (χ4v) is 2.84. The van der Waals surface area contributed by atoms with Crippen LogP contribution in [0.4, 0.5) is 13.2 Å². The molecule has 0 saturated heterocycles. The van der Waals surface area contributed by atoms with Gasteiger partial charge in [-0.05, 0) is 31.2 Å². The monoisotopic (exact) mass is 357 g/mol. The van der Waals surface area contributed by atoms with Gasteiger partial charge in [0.1, 0.15) is 5.69 Å². The summed E-state index contributed by atoms with van der Waals surface area (Å²) < 4.78 is 37.5. The SMILES string of the molecule is Cc1ccc(SCCCN(C)C(=O)c2cc(C(F)(F)F)[nH]n2)cc1.